The second-order valence-corrected chi connectivity index (χ2v) is 15.1. The quantitative estimate of drug-likeness (QED) is 0.184. The van der Waals surface area contributed by atoms with Gasteiger partial charge >= 0.3 is 0 Å². The molecule has 8 aromatic carbocycles. The van der Waals surface area contributed by atoms with E-state index in [9.17, 15) is 0 Å². The van der Waals surface area contributed by atoms with E-state index < -0.39 is 5.41 Å². The Morgan fingerprint density at radius 2 is 1.02 bits per heavy atom. The molecule has 2 heterocycles. The summed E-state index contributed by atoms with van der Waals surface area (Å²) in [6, 6.07) is 63.2. The lowest BCUT2D eigenvalue weighted by atomic mass is 9.70. The number of ether oxygens (including phenoxy) is 2. The van der Waals surface area contributed by atoms with Gasteiger partial charge in [0.15, 0.2) is 23.0 Å². The molecule has 248 valence electrons. The molecule has 1 aliphatic heterocycles. The van der Waals surface area contributed by atoms with Crippen molar-refractivity contribution in [3.8, 4) is 45.3 Å². The molecule has 9 aromatic rings. The third-order valence-electron chi connectivity index (χ3n) is 11.3. The van der Waals surface area contributed by atoms with Crippen LogP contribution >= 0.6 is 11.3 Å². The van der Waals surface area contributed by atoms with Gasteiger partial charge in [-0.3, -0.25) is 0 Å². The van der Waals surface area contributed by atoms with E-state index >= 15 is 0 Å². The van der Waals surface area contributed by atoms with Gasteiger partial charge in [-0.2, -0.15) is 0 Å². The van der Waals surface area contributed by atoms with Crippen LogP contribution in [0.4, 0.5) is 17.1 Å². The van der Waals surface area contributed by atoms with Gasteiger partial charge in [-0.05, 0) is 99.1 Å². The first kappa shape index (κ1) is 29.0. The third-order valence-corrected chi connectivity index (χ3v) is 12.5. The molecule has 3 aliphatic rings. The second kappa shape index (κ2) is 10.7. The molecule has 0 saturated heterocycles. The van der Waals surface area contributed by atoms with Gasteiger partial charge in [-0.1, -0.05) is 121 Å². The maximum absolute atomic E-state index is 7.11. The van der Waals surface area contributed by atoms with E-state index in [0.29, 0.717) is 17.2 Å². The molecule has 53 heavy (non-hydrogen) atoms. The molecule has 3 nitrogen and oxygen atoms in total. The maximum Gasteiger partial charge on any atom is 0.194 e. The molecule has 1 aromatic heterocycles. The summed E-state index contributed by atoms with van der Waals surface area (Å²) in [6.07, 6.45) is 0. The highest BCUT2D eigenvalue weighted by Crippen LogP contribution is 2.65. The standard InChI is InChI=1S/C49H29NO2S/c1-2-13-30(14-3-1)50(31-25-26-36-35-18-7-11-24-46(35)53-47(36)27-31)42-22-12-23-43-48(42)52-45-29-41-37(28-44(45)51-43)34-17-6-10-21-40(34)49(41)38-19-8-4-15-32(38)33-16-5-9-20-39(33)49/h1-29H. The zero-order valence-corrected chi connectivity index (χ0v) is 29.2. The summed E-state index contributed by atoms with van der Waals surface area (Å²) < 4.78 is 16.5. The number of hydrogen-bond donors (Lipinski definition) is 0. The Bertz CT molecular complexity index is 2930. The number of fused-ring (bicyclic) bond motifs is 15. The van der Waals surface area contributed by atoms with Crippen molar-refractivity contribution in [3.63, 3.8) is 0 Å². The predicted molar refractivity (Wildman–Crippen MR) is 217 cm³/mol. The highest BCUT2D eigenvalue weighted by molar-refractivity contribution is 7.25. The van der Waals surface area contributed by atoms with Crippen LogP contribution in [0.3, 0.4) is 0 Å². The number of rotatable bonds is 3. The molecule has 0 fully saturated rings. The van der Waals surface area contributed by atoms with E-state index in [1.165, 1.54) is 64.7 Å². The smallest absolute Gasteiger partial charge is 0.194 e. The SMILES string of the molecule is c1ccc(N(c2ccc3c(c2)sc2ccccc23)c2cccc3c2Oc2cc4c(cc2O3)-c2ccccc2C42c3ccccc3-c3ccccc32)cc1. The Labute approximate surface area is 310 Å². The minimum atomic E-state index is -0.465. The summed E-state index contributed by atoms with van der Waals surface area (Å²) in [5, 5.41) is 2.56. The van der Waals surface area contributed by atoms with E-state index in [-0.39, 0.29) is 0 Å². The lowest BCUT2D eigenvalue weighted by Crippen LogP contribution is -2.25. The molecule has 0 unspecified atom stereocenters. The highest BCUT2D eigenvalue weighted by atomic mass is 32.1. The molecule has 0 radical (unpaired) electrons. The molecule has 4 heteroatoms. The molecular weight excluding hydrogens is 667 g/mol. The lowest BCUT2D eigenvalue weighted by Gasteiger charge is -2.32. The van der Waals surface area contributed by atoms with Crippen molar-refractivity contribution in [2.45, 2.75) is 5.41 Å². The summed E-state index contributed by atoms with van der Waals surface area (Å²) >= 11 is 1.83. The van der Waals surface area contributed by atoms with Crippen molar-refractivity contribution in [2.75, 3.05) is 4.90 Å². The van der Waals surface area contributed by atoms with Crippen LogP contribution in [0, 0.1) is 0 Å². The first-order valence-electron chi connectivity index (χ1n) is 18.0. The number of anilines is 3. The van der Waals surface area contributed by atoms with Gasteiger partial charge in [-0.25, -0.2) is 0 Å². The second-order valence-electron chi connectivity index (χ2n) is 14.0. The van der Waals surface area contributed by atoms with Gasteiger partial charge in [0.05, 0.1) is 11.1 Å². The number of benzene rings is 8. The maximum atomic E-state index is 7.11. The van der Waals surface area contributed by atoms with Crippen LogP contribution < -0.4 is 14.4 Å². The van der Waals surface area contributed by atoms with Gasteiger partial charge < -0.3 is 14.4 Å². The summed E-state index contributed by atoms with van der Waals surface area (Å²) in [5.74, 6) is 2.82. The molecule has 0 amide bonds. The molecular formula is C49H29NO2S. The van der Waals surface area contributed by atoms with Gasteiger partial charge in [-0.15, -0.1) is 11.3 Å². The minimum absolute atomic E-state index is 0.465. The van der Waals surface area contributed by atoms with E-state index in [0.717, 1.165) is 22.8 Å². The van der Waals surface area contributed by atoms with Crippen LogP contribution in [0.15, 0.2) is 176 Å². The van der Waals surface area contributed by atoms with Crippen LogP contribution in [-0.2, 0) is 5.41 Å². The van der Waals surface area contributed by atoms with Crippen LogP contribution in [-0.4, -0.2) is 0 Å². The van der Waals surface area contributed by atoms with E-state index in [1.54, 1.807) is 0 Å². The Morgan fingerprint density at radius 1 is 0.396 bits per heavy atom. The molecule has 0 bridgehead atoms. The van der Waals surface area contributed by atoms with Gasteiger partial charge in [0, 0.05) is 31.5 Å². The molecule has 0 N–H and O–H groups in total. The van der Waals surface area contributed by atoms with E-state index in [4.69, 9.17) is 9.47 Å². The largest absolute Gasteiger partial charge is 0.449 e. The number of hydrogen-bond acceptors (Lipinski definition) is 4. The van der Waals surface area contributed by atoms with Gasteiger partial charge in [0.25, 0.3) is 0 Å². The molecule has 2 aliphatic carbocycles. The van der Waals surface area contributed by atoms with Crippen molar-refractivity contribution >= 4 is 48.6 Å². The summed E-state index contributed by atoms with van der Waals surface area (Å²) in [7, 11) is 0. The average molecular weight is 696 g/mol. The minimum Gasteiger partial charge on any atom is -0.449 e. The van der Waals surface area contributed by atoms with Crippen molar-refractivity contribution < 1.29 is 9.47 Å². The van der Waals surface area contributed by atoms with Gasteiger partial charge in [0.1, 0.15) is 0 Å². The summed E-state index contributed by atoms with van der Waals surface area (Å²) in [6.45, 7) is 0. The Morgan fingerprint density at radius 3 is 1.77 bits per heavy atom. The van der Waals surface area contributed by atoms with Crippen molar-refractivity contribution in [1.82, 2.24) is 0 Å². The van der Waals surface area contributed by atoms with E-state index in [2.05, 4.69) is 175 Å². The zero-order valence-electron chi connectivity index (χ0n) is 28.4. The summed E-state index contributed by atoms with van der Waals surface area (Å²) in [4.78, 5) is 2.28. The Kier molecular flexibility index (Phi) is 5.86. The van der Waals surface area contributed by atoms with E-state index in [1.807, 2.05) is 17.4 Å². The number of thiophene rings is 1. The fourth-order valence-electron chi connectivity index (χ4n) is 9.21. The molecule has 12 rings (SSSR count). The van der Waals surface area contributed by atoms with Crippen molar-refractivity contribution in [2.24, 2.45) is 0 Å². The van der Waals surface area contributed by atoms with Crippen LogP contribution in [0.1, 0.15) is 22.3 Å². The first-order chi connectivity index (χ1) is 26.3. The monoisotopic (exact) mass is 695 g/mol. The Hall–Kier alpha value is -6.62. The van der Waals surface area contributed by atoms with Crippen molar-refractivity contribution in [1.29, 1.82) is 0 Å². The zero-order chi connectivity index (χ0) is 34.7. The van der Waals surface area contributed by atoms with Crippen LogP contribution in [0.25, 0.3) is 42.4 Å². The topological polar surface area (TPSA) is 21.7 Å². The fourth-order valence-corrected chi connectivity index (χ4v) is 10.3. The van der Waals surface area contributed by atoms with Crippen LogP contribution in [0.2, 0.25) is 0 Å². The first-order valence-corrected chi connectivity index (χ1v) is 18.8. The Balaban J connectivity index is 1.05. The molecule has 0 atom stereocenters. The van der Waals surface area contributed by atoms with Gasteiger partial charge in [0.2, 0.25) is 0 Å². The lowest BCUT2D eigenvalue weighted by molar-refractivity contribution is 0.360. The fraction of sp³-hybridized carbons (Fsp3) is 0.0204. The number of nitrogens with zero attached hydrogens (tertiary/aromatic N) is 1. The third kappa shape index (κ3) is 3.88. The highest BCUT2D eigenvalue weighted by Gasteiger charge is 2.52. The number of para-hydroxylation sites is 2. The molecule has 0 saturated carbocycles. The van der Waals surface area contributed by atoms with Crippen LogP contribution in [0.5, 0.6) is 23.0 Å². The normalized spacial score (nSPS) is 13.7. The summed E-state index contributed by atoms with van der Waals surface area (Å²) in [5.41, 5.74) is 12.6. The van der Waals surface area contributed by atoms with Crippen molar-refractivity contribution in [3.05, 3.63) is 198 Å². The average Bonchev–Trinajstić information content (AvgIpc) is 3.83. The molecule has 1 spiro atoms. The predicted octanol–water partition coefficient (Wildman–Crippen LogP) is 13.8.